The van der Waals surface area contributed by atoms with Crippen LogP contribution in [0.4, 0.5) is 0 Å². The smallest absolute Gasteiger partial charge is 0.339 e. The Bertz CT molecular complexity index is 1120. The fourth-order valence-corrected chi connectivity index (χ4v) is 4.94. The summed E-state index contributed by atoms with van der Waals surface area (Å²) in [6.45, 7) is 6.65. The zero-order valence-corrected chi connectivity index (χ0v) is 17.2. The molecule has 2 aromatic carbocycles. The number of benzene rings is 2. The van der Waals surface area contributed by atoms with E-state index in [0.29, 0.717) is 18.2 Å². The third kappa shape index (κ3) is 3.25. The standard InChI is InChI=1S/C25H27NO3/c1-16(18-8-4-3-5-9-18)13-26-14-19-12-22-20-10-6-7-11-21(20)25(27)29-24(22)17(2)23(19)28-15-26/h3-5,8-9,12,16H,6-7,10-11,13-15H2,1-2H3. The van der Waals surface area contributed by atoms with Crippen LogP contribution in [0, 0.1) is 6.92 Å². The van der Waals surface area contributed by atoms with Gasteiger partial charge >= 0.3 is 5.63 Å². The molecule has 1 atom stereocenters. The van der Waals surface area contributed by atoms with E-state index in [1.165, 1.54) is 16.7 Å². The van der Waals surface area contributed by atoms with E-state index in [9.17, 15) is 4.79 Å². The molecule has 150 valence electrons. The van der Waals surface area contributed by atoms with Crippen LogP contribution in [-0.4, -0.2) is 18.2 Å². The van der Waals surface area contributed by atoms with E-state index < -0.39 is 0 Å². The van der Waals surface area contributed by atoms with Crippen LogP contribution < -0.4 is 10.4 Å². The Morgan fingerprint density at radius 1 is 1.10 bits per heavy atom. The maximum absolute atomic E-state index is 12.5. The molecular formula is C25H27NO3. The van der Waals surface area contributed by atoms with Gasteiger partial charge in [-0.05, 0) is 55.7 Å². The molecule has 0 saturated carbocycles. The van der Waals surface area contributed by atoms with Crippen LogP contribution in [-0.2, 0) is 19.4 Å². The predicted octanol–water partition coefficient (Wildman–Crippen LogP) is 4.94. The van der Waals surface area contributed by atoms with Crippen molar-refractivity contribution in [2.45, 2.75) is 52.0 Å². The number of hydrogen-bond donors (Lipinski definition) is 0. The second-order valence-electron chi connectivity index (χ2n) is 8.52. The molecule has 2 aliphatic rings. The van der Waals surface area contributed by atoms with Gasteiger partial charge in [0.15, 0.2) is 0 Å². The minimum Gasteiger partial charge on any atom is -0.477 e. The van der Waals surface area contributed by atoms with Crippen LogP contribution in [0.3, 0.4) is 0 Å². The first-order valence-electron chi connectivity index (χ1n) is 10.6. The van der Waals surface area contributed by atoms with Gasteiger partial charge in [-0.2, -0.15) is 0 Å². The van der Waals surface area contributed by atoms with Crippen molar-refractivity contribution in [1.82, 2.24) is 4.90 Å². The normalized spacial score (nSPS) is 17.4. The number of nitrogens with zero attached hydrogens (tertiary/aromatic N) is 1. The van der Waals surface area contributed by atoms with Crippen molar-refractivity contribution in [1.29, 1.82) is 0 Å². The lowest BCUT2D eigenvalue weighted by Gasteiger charge is -2.32. The van der Waals surface area contributed by atoms with E-state index >= 15 is 0 Å². The summed E-state index contributed by atoms with van der Waals surface area (Å²) in [6, 6.07) is 12.8. The minimum atomic E-state index is -0.163. The lowest BCUT2D eigenvalue weighted by Crippen LogP contribution is -2.35. The Morgan fingerprint density at radius 3 is 2.66 bits per heavy atom. The topological polar surface area (TPSA) is 42.7 Å². The molecule has 3 aromatic rings. The Hall–Kier alpha value is -2.59. The first kappa shape index (κ1) is 18.4. The van der Waals surface area contributed by atoms with Gasteiger partial charge in [-0.3, -0.25) is 4.90 Å². The Kier molecular flexibility index (Phi) is 4.67. The molecule has 0 spiro atoms. The Labute approximate surface area is 171 Å². The minimum absolute atomic E-state index is 0.163. The highest BCUT2D eigenvalue weighted by atomic mass is 16.5. The van der Waals surface area contributed by atoms with Crippen molar-refractivity contribution in [2.75, 3.05) is 13.3 Å². The first-order chi connectivity index (χ1) is 14.1. The summed E-state index contributed by atoms with van der Waals surface area (Å²) in [4.78, 5) is 14.8. The Balaban J connectivity index is 1.49. The summed E-state index contributed by atoms with van der Waals surface area (Å²) in [5.74, 6) is 1.33. The summed E-state index contributed by atoms with van der Waals surface area (Å²) in [5.41, 5.74) is 6.13. The summed E-state index contributed by atoms with van der Waals surface area (Å²) in [7, 11) is 0. The molecule has 4 heteroatoms. The molecule has 5 rings (SSSR count). The second-order valence-corrected chi connectivity index (χ2v) is 8.52. The molecule has 0 bridgehead atoms. The molecule has 1 aliphatic heterocycles. The highest BCUT2D eigenvalue weighted by molar-refractivity contribution is 5.87. The largest absolute Gasteiger partial charge is 0.477 e. The van der Waals surface area contributed by atoms with E-state index in [1.807, 2.05) is 6.92 Å². The average Bonchev–Trinajstić information content (AvgIpc) is 2.75. The van der Waals surface area contributed by atoms with Gasteiger partial charge in [0.2, 0.25) is 0 Å². The van der Waals surface area contributed by atoms with Gasteiger partial charge in [0.25, 0.3) is 0 Å². The molecule has 0 N–H and O–H groups in total. The highest BCUT2D eigenvalue weighted by Crippen LogP contribution is 2.38. The molecule has 4 nitrogen and oxygen atoms in total. The lowest BCUT2D eigenvalue weighted by molar-refractivity contribution is 0.0900. The van der Waals surface area contributed by atoms with Gasteiger partial charge in [0.1, 0.15) is 18.1 Å². The summed E-state index contributed by atoms with van der Waals surface area (Å²) >= 11 is 0. The maximum Gasteiger partial charge on any atom is 0.339 e. The van der Waals surface area contributed by atoms with Crippen LogP contribution in [0.15, 0.2) is 45.6 Å². The van der Waals surface area contributed by atoms with Crippen LogP contribution >= 0.6 is 0 Å². The van der Waals surface area contributed by atoms with E-state index in [1.54, 1.807) is 0 Å². The van der Waals surface area contributed by atoms with Gasteiger partial charge in [-0.25, -0.2) is 4.79 Å². The van der Waals surface area contributed by atoms with Gasteiger partial charge in [-0.1, -0.05) is 37.3 Å². The molecule has 2 heterocycles. The van der Waals surface area contributed by atoms with Crippen molar-refractivity contribution in [3.8, 4) is 5.75 Å². The predicted molar refractivity (Wildman–Crippen MR) is 115 cm³/mol. The maximum atomic E-state index is 12.5. The molecule has 1 aromatic heterocycles. The molecule has 0 radical (unpaired) electrons. The summed E-state index contributed by atoms with van der Waals surface area (Å²) < 4.78 is 11.9. The number of fused-ring (bicyclic) bond motifs is 4. The number of aryl methyl sites for hydroxylation is 2. The number of rotatable bonds is 3. The van der Waals surface area contributed by atoms with Crippen molar-refractivity contribution >= 4 is 11.0 Å². The molecule has 0 saturated heterocycles. The van der Waals surface area contributed by atoms with E-state index in [-0.39, 0.29) is 5.63 Å². The van der Waals surface area contributed by atoms with E-state index in [0.717, 1.165) is 61.0 Å². The molecule has 1 unspecified atom stereocenters. The average molecular weight is 389 g/mol. The number of hydrogen-bond acceptors (Lipinski definition) is 4. The van der Waals surface area contributed by atoms with Crippen molar-refractivity contribution in [3.05, 3.63) is 74.6 Å². The van der Waals surface area contributed by atoms with Gasteiger partial charge < -0.3 is 9.15 Å². The molecule has 0 amide bonds. The molecule has 0 fully saturated rings. The first-order valence-corrected chi connectivity index (χ1v) is 10.6. The van der Waals surface area contributed by atoms with Gasteiger partial charge in [0, 0.05) is 35.2 Å². The monoisotopic (exact) mass is 389 g/mol. The summed E-state index contributed by atoms with van der Waals surface area (Å²) in [6.07, 6.45) is 4.01. The van der Waals surface area contributed by atoms with Crippen LogP contribution in [0.1, 0.15) is 53.5 Å². The second kappa shape index (κ2) is 7.34. The van der Waals surface area contributed by atoms with E-state index in [2.05, 4.69) is 48.2 Å². The molecule has 1 aliphatic carbocycles. The van der Waals surface area contributed by atoms with Crippen LogP contribution in [0.2, 0.25) is 0 Å². The van der Waals surface area contributed by atoms with Crippen LogP contribution in [0.25, 0.3) is 11.0 Å². The number of ether oxygens (including phenoxy) is 1. The van der Waals surface area contributed by atoms with E-state index in [4.69, 9.17) is 9.15 Å². The zero-order valence-electron chi connectivity index (χ0n) is 17.2. The van der Waals surface area contributed by atoms with Crippen molar-refractivity contribution in [2.24, 2.45) is 0 Å². The zero-order chi connectivity index (χ0) is 20.0. The van der Waals surface area contributed by atoms with Gasteiger partial charge in [0.05, 0.1) is 0 Å². The van der Waals surface area contributed by atoms with Crippen LogP contribution in [0.5, 0.6) is 5.75 Å². The third-order valence-corrected chi connectivity index (χ3v) is 6.46. The quantitative estimate of drug-likeness (QED) is 0.596. The third-order valence-electron chi connectivity index (χ3n) is 6.46. The Morgan fingerprint density at radius 2 is 1.86 bits per heavy atom. The fraction of sp³-hybridized carbons (Fsp3) is 0.400. The van der Waals surface area contributed by atoms with Gasteiger partial charge in [-0.15, -0.1) is 0 Å². The highest BCUT2D eigenvalue weighted by Gasteiger charge is 2.26. The molecular weight excluding hydrogens is 362 g/mol. The van der Waals surface area contributed by atoms with Crippen molar-refractivity contribution in [3.63, 3.8) is 0 Å². The van der Waals surface area contributed by atoms with Crippen molar-refractivity contribution < 1.29 is 9.15 Å². The lowest BCUT2D eigenvalue weighted by atomic mass is 9.89. The molecule has 29 heavy (non-hydrogen) atoms. The SMILES string of the molecule is Cc1c2c(cc3c4c(c(=O)oc13)CCCC4)CN(CC(C)c1ccccc1)CO2. The fourth-order valence-electron chi connectivity index (χ4n) is 4.94. The summed E-state index contributed by atoms with van der Waals surface area (Å²) in [5, 5.41) is 1.11.